The van der Waals surface area contributed by atoms with Gasteiger partial charge in [0.15, 0.2) is 5.65 Å². The van der Waals surface area contributed by atoms with Gasteiger partial charge in [-0.05, 0) is 19.8 Å². The van der Waals surface area contributed by atoms with E-state index in [1.165, 1.54) is 27.2 Å². The smallest absolute Gasteiger partial charge is 0.281 e. The van der Waals surface area contributed by atoms with Gasteiger partial charge in [-0.25, -0.2) is 9.50 Å². The Morgan fingerprint density at radius 2 is 2.12 bits per heavy atom. The molecule has 1 N–H and O–H groups in total. The third-order valence-electron chi connectivity index (χ3n) is 4.67. The molecule has 1 aliphatic rings. The fraction of sp³-hybridized carbons (Fsp3) is 0.600. The molecule has 3 heterocycles. The van der Waals surface area contributed by atoms with Crippen LogP contribution in [-0.4, -0.2) is 58.8 Å². The van der Waals surface area contributed by atoms with Crippen molar-refractivity contribution in [2.24, 2.45) is 0 Å². The van der Waals surface area contributed by atoms with Crippen LogP contribution in [0.1, 0.15) is 36.2 Å². The van der Waals surface area contributed by atoms with E-state index in [1.54, 1.807) is 0 Å². The summed E-state index contributed by atoms with van der Waals surface area (Å²) in [5.41, 5.74) is 2.80. The van der Waals surface area contributed by atoms with Gasteiger partial charge in [-0.2, -0.15) is 17.0 Å². The molecule has 1 atom stereocenters. The summed E-state index contributed by atoms with van der Waals surface area (Å²) in [6.45, 7) is 4.65. The van der Waals surface area contributed by atoms with Crippen LogP contribution in [-0.2, 0) is 16.6 Å². The van der Waals surface area contributed by atoms with Gasteiger partial charge in [0, 0.05) is 56.1 Å². The molecule has 0 unspecified atom stereocenters. The number of hydrogen-bond donors (Lipinski definition) is 1. The maximum Gasteiger partial charge on any atom is 0.281 e. The topological polar surface area (TPSA) is 90.8 Å². The number of hydrogen-bond acceptors (Lipinski definition) is 4. The van der Waals surface area contributed by atoms with Crippen LogP contribution in [0.4, 0.5) is 0 Å². The SMILES string of the molecule is CCc1c(C)nc2cc([C@H]3CCN(S(=O)(=O)N(C)C)C3)[nH]n2c1=O. The first kappa shape index (κ1) is 17.1. The number of rotatable bonds is 4. The summed E-state index contributed by atoms with van der Waals surface area (Å²) >= 11 is 0. The van der Waals surface area contributed by atoms with E-state index in [0.29, 0.717) is 37.1 Å². The van der Waals surface area contributed by atoms with Gasteiger partial charge in [0.1, 0.15) is 0 Å². The second-order valence-electron chi connectivity index (χ2n) is 6.37. The molecule has 3 rings (SSSR count). The van der Waals surface area contributed by atoms with Crippen molar-refractivity contribution in [3.63, 3.8) is 0 Å². The number of fused-ring (bicyclic) bond motifs is 1. The molecule has 132 valence electrons. The largest absolute Gasteiger partial charge is 0.293 e. The fourth-order valence-corrected chi connectivity index (χ4v) is 4.39. The molecule has 0 aliphatic carbocycles. The Morgan fingerprint density at radius 1 is 1.42 bits per heavy atom. The molecule has 0 spiro atoms. The molecule has 2 aromatic heterocycles. The molecular weight excluding hydrogens is 330 g/mol. The number of nitrogens with one attached hydrogen (secondary N) is 1. The zero-order chi connectivity index (χ0) is 17.6. The van der Waals surface area contributed by atoms with Crippen molar-refractivity contribution in [3.8, 4) is 0 Å². The molecule has 1 aliphatic heterocycles. The number of aromatic nitrogens is 3. The molecule has 0 aromatic carbocycles. The highest BCUT2D eigenvalue weighted by Gasteiger charge is 2.34. The van der Waals surface area contributed by atoms with Gasteiger partial charge >= 0.3 is 0 Å². The lowest BCUT2D eigenvalue weighted by Gasteiger charge is -2.20. The number of aromatic amines is 1. The van der Waals surface area contributed by atoms with Crippen molar-refractivity contribution in [3.05, 3.63) is 33.4 Å². The van der Waals surface area contributed by atoms with Crippen LogP contribution in [0.2, 0.25) is 0 Å². The van der Waals surface area contributed by atoms with Crippen molar-refractivity contribution < 1.29 is 8.42 Å². The lowest BCUT2D eigenvalue weighted by molar-refractivity contribution is 0.418. The Labute approximate surface area is 141 Å². The van der Waals surface area contributed by atoms with E-state index in [0.717, 1.165) is 11.4 Å². The molecule has 1 saturated heterocycles. The Balaban J connectivity index is 1.95. The molecule has 0 bridgehead atoms. The number of H-pyrrole nitrogens is 1. The Hall–Kier alpha value is -1.71. The Bertz CT molecular complexity index is 928. The van der Waals surface area contributed by atoms with Gasteiger partial charge in [-0.15, -0.1) is 0 Å². The lowest BCUT2D eigenvalue weighted by atomic mass is 10.1. The van der Waals surface area contributed by atoms with Gasteiger partial charge in [-0.3, -0.25) is 9.89 Å². The quantitative estimate of drug-likeness (QED) is 0.866. The van der Waals surface area contributed by atoms with Gasteiger partial charge in [-0.1, -0.05) is 6.92 Å². The molecule has 0 saturated carbocycles. The van der Waals surface area contributed by atoms with Crippen LogP contribution in [0, 0.1) is 6.92 Å². The van der Waals surface area contributed by atoms with Crippen molar-refractivity contribution in [1.82, 2.24) is 23.2 Å². The standard InChI is InChI=1S/C15H23N5O3S/c1-5-12-10(2)16-14-8-13(17-20(14)15(12)21)11-6-7-19(9-11)24(22,23)18(3)4/h8,11,17H,5-7,9H2,1-4H3/t11-/m0/s1. The predicted octanol–water partition coefficient (Wildman–Crippen LogP) is 0.489. The second-order valence-corrected chi connectivity index (χ2v) is 8.52. The highest BCUT2D eigenvalue weighted by molar-refractivity contribution is 7.86. The summed E-state index contributed by atoms with van der Waals surface area (Å²) in [4.78, 5) is 17.0. The molecule has 0 radical (unpaired) electrons. The first-order valence-corrected chi connectivity index (χ1v) is 9.44. The van der Waals surface area contributed by atoms with Crippen LogP contribution < -0.4 is 5.56 Å². The summed E-state index contributed by atoms with van der Waals surface area (Å²) in [6, 6.07) is 1.85. The minimum Gasteiger partial charge on any atom is -0.293 e. The molecular formula is C15H23N5O3S. The van der Waals surface area contributed by atoms with E-state index in [2.05, 4.69) is 10.1 Å². The maximum atomic E-state index is 12.5. The Morgan fingerprint density at radius 3 is 2.75 bits per heavy atom. The van der Waals surface area contributed by atoms with Crippen LogP contribution in [0.5, 0.6) is 0 Å². The molecule has 9 heteroatoms. The fourth-order valence-electron chi connectivity index (χ4n) is 3.23. The minimum absolute atomic E-state index is 0.0335. The number of nitrogens with zero attached hydrogens (tertiary/aromatic N) is 4. The normalized spacial score (nSPS) is 19.6. The van der Waals surface area contributed by atoms with E-state index in [-0.39, 0.29) is 11.5 Å². The first-order valence-electron chi connectivity index (χ1n) is 8.04. The second kappa shape index (κ2) is 5.98. The molecule has 2 aromatic rings. The van der Waals surface area contributed by atoms with E-state index < -0.39 is 10.2 Å². The third kappa shape index (κ3) is 2.66. The summed E-state index contributed by atoms with van der Waals surface area (Å²) < 4.78 is 28.6. The summed E-state index contributed by atoms with van der Waals surface area (Å²) in [7, 11) is -0.341. The average Bonchev–Trinajstić information content (AvgIpc) is 3.13. The Kier molecular flexibility index (Phi) is 4.27. The number of aryl methyl sites for hydroxylation is 1. The highest BCUT2D eigenvalue weighted by atomic mass is 32.2. The summed E-state index contributed by atoms with van der Waals surface area (Å²) in [5.74, 6) is 0.0335. The maximum absolute atomic E-state index is 12.5. The lowest BCUT2D eigenvalue weighted by Crippen LogP contribution is -2.38. The van der Waals surface area contributed by atoms with Crippen LogP contribution >= 0.6 is 0 Å². The molecule has 24 heavy (non-hydrogen) atoms. The van der Waals surface area contributed by atoms with Crippen molar-refractivity contribution >= 4 is 15.9 Å². The van der Waals surface area contributed by atoms with Gasteiger partial charge in [0.2, 0.25) is 0 Å². The average molecular weight is 353 g/mol. The minimum atomic E-state index is -3.40. The molecule has 0 amide bonds. The molecule has 1 fully saturated rings. The summed E-state index contributed by atoms with van der Waals surface area (Å²) in [6.07, 6.45) is 1.35. The van der Waals surface area contributed by atoms with E-state index in [4.69, 9.17) is 0 Å². The van der Waals surface area contributed by atoms with Crippen LogP contribution in [0.15, 0.2) is 10.9 Å². The van der Waals surface area contributed by atoms with Gasteiger partial charge in [0.25, 0.3) is 15.8 Å². The van der Waals surface area contributed by atoms with E-state index >= 15 is 0 Å². The third-order valence-corrected chi connectivity index (χ3v) is 6.57. The van der Waals surface area contributed by atoms with Crippen LogP contribution in [0.3, 0.4) is 0 Å². The van der Waals surface area contributed by atoms with Crippen molar-refractivity contribution in [2.75, 3.05) is 27.2 Å². The van der Waals surface area contributed by atoms with Gasteiger partial charge < -0.3 is 0 Å². The van der Waals surface area contributed by atoms with Crippen molar-refractivity contribution in [2.45, 2.75) is 32.6 Å². The summed E-state index contributed by atoms with van der Waals surface area (Å²) in [5, 5.41) is 3.12. The predicted molar refractivity (Wildman–Crippen MR) is 91.5 cm³/mol. The highest BCUT2D eigenvalue weighted by Crippen LogP contribution is 2.28. The first-order chi connectivity index (χ1) is 11.3. The zero-order valence-corrected chi connectivity index (χ0v) is 15.2. The zero-order valence-electron chi connectivity index (χ0n) is 14.4. The monoisotopic (exact) mass is 353 g/mol. The molecule has 8 nitrogen and oxygen atoms in total. The van der Waals surface area contributed by atoms with Crippen molar-refractivity contribution in [1.29, 1.82) is 0 Å². The van der Waals surface area contributed by atoms with E-state index in [1.807, 2.05) is 19.9 Å². The van der Waals surface area contributed by atoms with Gasteiger partial charge in [0.05, 0.1) is 0 Å². The van der Waals surface area contributed by atoms with Crippen LogP contribution in [0.25, 0.3) is 5.65 Å². The van der Waals surface area contributed by atoms with E-state index in [9.17, 15) is 13.2 Å².